The molecular weight excluding hydrogens is 464 g/mol. The van der Waals surface area contributed by atoms with E-state index in [4.69, 9.17) is 9.47 Å². The van der Waals surface area contributed by atoms with Crippen molar-refractivity contribution in [3.8, 4) is 11.5 Å². The third kappa shape index (κ3) is 4.61. The highest BCUT2D eigenvalue weighted by molar-refractivity contribution is 7.15. The molecule has 8 nitrogen and oxygen atoms in total. The van der Waals surface area contributed by atoms with Crippen molar-refractivity contribution < 1.29 is 19.1 Å². The fourth-order valence-corrected chi connectivity index (χ4v) is 5.87. The van der Waals surface area contributed by atoms with Gasteiger partial charge in [0.2, 0.25) is 11.8 Å². The van der Waals surface area contributed by atoms with Crippen LogP contribution in [0.25, 0.3) is 0 Å². The third-order valence-corrected chi connectivity index (χ3v) is 7.62. The van der Waals surface area contributed by atoms with Gasteiger partial charge >= 0.3 is 0 Å². The summed E-state index contributed by atoms with van der Waals surface area (Å²) in [5.41, 5.74) is 3.08. The number of ether oxygens (including phenoxy) is 2. The Labute approximate surface area is 207 Å². The molecule has 3 aliphatic heterocycles. The second-order valence-electron chi connectivity index (χ2n) is 9.06. The number of amides is 2. The lowest BCUT2D eigenvalue weighted by Gasteiger charge is -2.25. The van der Waals surface area contributed by atoms with E-state index in [1.165, 1.54) is 21.8 Å². The lowest BCUT2D eigenvalue weighted by Crippen LogP contribution is -2.29. The second kappa shape index (κ2) is 9.31. The molecule has 6 rings (SSSR count). The molecule has 0 saturated carbocycles. The lowest BCUT2D eigenvalue weighted by atomic mass is 10.1. The molecule has 1 aromatic heterocycles. The fourth-order valence-electron chi connectivity index (χ4n) is 4.82. The molecule has 2 aromatic carbocycles. The number of nitrogens with zero attached hydrogens (tertiary/aromatic N) is 3. The number of rotatable bonds is 5. The Morgan fingerprint density at radius 2 is 1.94 bits per heavy atom. The van der Waals surface area contributed by atoms with Crippen molar-refractivity contribution in [1.82, 2.24) is 9.88 Å². The highest BCUT2D eigenvalue weighted by atomic mass is 32.1. The third-order valence-electron chi connectivity index (χ3n) is 6.62. The summed E-state index contributed by atoms with van der Waals surface area (Å²) in [6, 6.07) is 15.9. The number of fused-ring (bicyclic) bond motifs is 2. The molecule has 0 spiro atoms. The number of hydrogen-bond acceptors (Lipinski definition) is 7. The van der Waals surface area contributed by atoms with Crippen molar-refractivity contribution in [2.75, 3.05) is 36.5 Å². The van der Waals surface area contributed by atoms with E-state index in [0.717, 1.165) is 37.4 Å². The quantitative estimate of drug-likeness (QED) is 0.590. The van der Waals surface area contributed by atoms with Crippen LogP contribution in [0.15, 0.2) is 48.5 Å². The van der Waals surface area contributed by atoms with Crippen LogP contribution in [0.2, 0.25) is 0 Å². The van der Waals surface area contributed by atoms with E-state index in [9.17, 15) is 9.59 Å². The molecule has 1 atom stereocenters. The predicted molar refractivity (Wildman–Crippen MR) is 133 cm³/mol. The van der Waals surface area contributed by atoms with Gasteiger partial charge in [-0.05, 0) is 17.7 Å². The van der Waals surface area contributed by atoms with Gasteiger partial charge in [0.15, 0.2) is 16.6 Å². The topological polar surface area (TPSA) is 84.0 Å². The number of hydrogen-bond donors (Lipinski definition) is 1. The van der Waals surface area contributed by atoms with E-state index >= 15 is 0 Å². The minimum atomic E-state index is -0.425. The minimum absolute atomic E-state index is 0.0724. The Morgan fingerprint density at radius 1 is 1.11 bits per heavy atom. The number of aromatic nitrogens is 1. The van der Waals surface area contributed by atoms with Gasteiger partial charge in [0.1, 0.15) is 13.2 Å². The predicted octanol–water partition coefficient (Wildman–Crippen LogP) is 3.46. The van der Waals surface area contributed by atoms with E-state index in [0.29, 0.717) is 36.4 Å². The van der Waals surface area contributed by atoms with Crippen LogP contribution in [-0.2, 0) is 29.1 Å². The van der Waals surface area contributed by atoms with Crippen LogP contribution in [0.5, 0.6) is 11.5 Å². The first kappa shape index (κ1) is 22.1. The van der Waals surface area contributed by atoms with Crippen LogP contribution in [0.1, 0.15) is 22.6 Å². The number of carbonyl (C=O) groups excluding carboxylic acids is 2. The number of benzene rings is 2. The first-order valence-corrected chi connectivity index (χ1v) is 12.7. The Kier molecular flexibility index (Phi) is 5.87. The molecule has 3 aromatic rings. The van der Waals surface area contributed by atoms with E-state index in [2.05, 4.69) is 39.5 Å². The van der Waals surface area contributed by atoms with Crippen LogP contribution in [0, 0.1) is 5.92 Å². The first-order chi connectivity index (χ1) is 17.1. The maximum Gasteiger partial charge on any atom is 0.231 e. The molecule has 4 heterocycles. The first-order valence-electron chi connectivity index (χ1n) is 11.9. The standard InChI is InChI=1S/C26H26N4O4S/c31-24-12-18(15-30(24)19-6-7-21-22(13-19)34-11-10-33-21)25(32)28-26-27-20-8-9-29(16-23(20)35-26)14-17-4-2-1-3-5-17/h1-7,13,18H,8-12,14-16H2,(H,27,28,32). The van der Waals surface area contributed by atoms with Gasteiger partial charge in [-0.2, -0.15) is 0 Å². The van der Waals surface area contributed by atoms with E-state index in [1.807, 2.05) is 24.3 Å². The minimum Gasteiger partial charge on any atom is -0.486 e. The van der Waals surface area contributed by atoms with Crippen LogP contribution >= 0.6 is 11.3 Å². The van der Waals surface area contributed by atoms with E-state index in [-0.39, 0.29) is 18.2 Å². The summed E-state index contributed by atoms with van der Waals surface area (Å²) >= 11 is 1.54. The molecule has 9 heteroatoms. The molecule has 0 bridgehead atoms. The number of thiazole rings is 1. The van der Waals surface area contributed by atoms with Crippen LogP contribution in [0.4, 0.5) is 10.8 Å². The van der Waals surface area contributed by atoms with Gasteiger partial charge in [-0.25, -0.2) is 4.98 Å². The highest BCUT2D eigenvalue weighted by Gasteiger charge is 2.36. The summed E-state index contributed by atoms with van der Waals surface area (Å²) in [5.74, 6) is 0.647. The molecule has 1 saturated heterocycles. The summed E-state index contributed by atoms with van der Waals surface area (Å²) in [5, 5.41) is 3.59. The Morgan fingerprint density at radius 3 is 2.80 bits per heavy atom. The van der Waals surface area contributed by atoms with Crippen molar-refractivity contribution >= 4 is 34.0 Å². The average molecular weight is 491 g/mol. The van der Waals surface area contributed by atoms with Crippen molar-refractivity contribution in [3.63, 3.8) is 0 Å². The van der Waals surface area contributed by atoms with E-state index in [1.54, 1.807) is 4.90 Å². The van der Waals surface area contributed by atoms with Gasteiger partial charge in [-0.1, -0.05) is 30.3 Å². The molecule has 1 N–H and O–H groups in total. The zero-order chi connectivity index (χ0) is 23.8. The summed E-state index contributed by atoms with van der Waals surface area (Å²) in [4.78, 5) is 35.7. The molecule has 1 unspecified atom stereocenters. The van der Waals surface area contributed by atoms with Crippen molar-refractivity contribution in [3.05, 3.63) is 64.7 Å². The van der Waals surface area contributed by atoms with Gasteiger partial charge in [-0.15, -0.1) is 11.3 Å². The largest absolute Gasteiger partial charge is 0.486 e. The maximum atomic E-state index is 13.0. The van der Waals surface area contributed by atoms with Gasteiger partial charge in [-0.3, -0.25) is 14.5 Å². The van der Waals surface area contributed by atoms with Crippen LogP contribution in [0.3, 0.4) is 0 Å². The van der Waals surface area contributed by atoms with Crippen molar-refractivity contribution in [1.29, 1.82) is 0 Å². The zero-order valence-electron chi connectivity index (χ0n) is 19.2. The number of nitrogens with one attached hydrogen (secondary N) is 1. The Balaban J connectivity index is 1.09. The SMILES string of the molecule is O=C(Nc1nc2c(s1)CN(Cc1ccccc1)CC2)C1CC(=O)N(c2ccc3c(c2)OCCO3)C1. The molecule has 2 amide bonds. The molecule has 180 valence electrons. The van der Waals surface area contributed by atoms with E-state index < -0.39 is 5.92 Å². The monoisotopic (exact) mass is 490 g/mol. The molecule has 0 radical (unpaired) electrons. The maximum absolute atomic E-state index is 13.0. The molecule has 35 heavy (non-hydrogen) atoms. The van der Waals surface area contributed by atoms with Crippen molar-refractivity contribution in [2.24, 2.45) is 5.92 Å². The average Bonchev–Trinajstić information content (AvgIpc) is 3.47. The number of anilines is 2. The highest BCUT2D eigenvalue weighted by Crippen LogP contribution is 2.36. The summed E-state index contributed by atoms with van der Waals surface area (Å²) in [6.45, 7) is 4.01. The Hall–Kier alpha value is -3.43. The summed E-state index contributed by atoms with van der Waals surface area (Å²) in [6.07, 6.45) is 1.05. The smallest absolute Gasteiger partial charge is 0.231 e. The Bertz CT molecular complexity index is 1260. The summed E-state index contributed by atoms with van der Waals surface area (Å²) < 4.78 is 11.2. The van der Waals surface area contributed by atoms with Gasteiger partial charge in [0, 0.05) is 55.7 Å². The fraction of sp³-hybridized carbons (Fsp3) is 0.346. The van der Waals surface area contributed by atoms with Crippen molar-refractivity contribution in [2.45, 2.75) is 25.9 Å². The number of carbonyl (C=O) groups is 2. The van der Waals surface area contributed by atoms with Gasteiger partial charge in [0.25, 0.3) is 0 Å². The molecule has 0 aliphatic carbocycles. The zero-order valence-corrected chi connectivity index (χ0v) is 20.1. The normalized spacial score (nSPS) is 19.5. The molecular formula is C26H26N4O4S. The summed E-state index contributed by atoms with van der Waals surface area (Å²) in [7, 11) is 0. The van der Waals surface area contributed by atoms with Crippen LogP contribution < -0.4 is 19.7 Å². The lowest BCUT2D eigenvalue weighted by molar-refractivity contribution is -0.122. The molecule has 1 fully saturated rings. The second-order valence-corrected chi connectivity index (χ2v) is 10.1. The van der Waals surface area contributed by atoms with Gasteiger partial charge < -0.3 is 19.7 Å². The van der Waals surface area contributed by atoms with Crippen LogP contribution in [-0.4, -0.2) is 48.0 Å². The van der Waals surface area contributed by atoms with Gasteiger partial charge in [0.05, 0.1) is 11.6 Å². The molecule has 3 aliphatic rings.